The van der Waals surface area contributed by atoms with Crippen molar-refractivity contribution >= 4 is 0 Å². The molecule has 1 unspecified atom stereocenters. The van der Waals surface area contributed by atoms with Crippen LogP contribution in [0.3, 0.4) is 0 Å². The van der Waals surface area contributed by atoms with E-state index in [1.165, 1.54) is 6.20 Å². The fraction of sp³-hybridized carbons (Fsp3) is 0.500. The molecule has 0 radical (unpaired) electrons. The maximum atomic E-state index is 11.2. The molecule has 5 heteroatoms. The Hall–Kier alpha value is -1.36. The third-order valence-corrected chi connectivity index (χ3v) is 1.87. The van der Waals surface area contributed by atoms with Crippen LogP contribution >= 0.6 is 0 Å². The second-order valence-electron chi connectivity index (χ2n) is 3.14. The van der Waals surface area contributed by atoms with Crippen LogP contribution < -0.4 is 17.0 Å². The van der Waals surface area contributed by atoms with Crippen LogP contribution in [0.1, 0.15) is 12.5 Å². The van der Waals surface area contributed by atoms with Crippen molar-refractivity contribution in [1.29, 1.82) is 0 Å². The summed E-state index contributed by atoms with van der Waals surface area (Å²) in [6.45, 7) is 2.48. The summed E-state index contributed by atoms with van der Waals surface area (Å²) in [7, 11) is 0. The van der Waals surface area contributed by atoms with Gasteiger partial charge >= 0.3 is 5.69 Å². The molecule has 0 fully saturated rings. The number of aromatic amines is 2. The molecule has 5 nitrogen and oxygen atoms in total. The van der Waals surface area contributed by atoms with Gasteiger partial charge in [0.2, 0.25) is 0 Å². The molecule has 0 aliphatic carbocycles. The van der Waals surface area contributed by atoms with Gasteiger partial charge in [-0.2, -0.15) is 0 Å². The molecule has 0 amide bonds. The smallest absolute Gasteiger partial charge is 0.325 e. The summed E-state index contributed by atoms with van der Waals surface area (Å²) in [5, 5.41) is 0. The maximum Gasteiger partial charge on any atom is 0.325 e. The van der Waals surface area contributed by atoms with E-state index in [0.29, 0.717) is 18.5 Å². The monoisotopic (exact) mass is 183 g/mol. The summed E-state index contributed by atoms with van der Waals surface area (Å²) in [5.41, 5.74) is 5.18. The van der Waals surface area contributed by atoms with Crippen LogP contribution in [0.2, 0.25) is 0 Å². The number of H-pyrrole nitrogens is 2. The molecule has 0 bridgehead atoms. The van der Waals surface area contributed by atoms with E-state index >= 15 is 0 Å². The van der Waals surface area contributed by atoms with E-state index in [2.05, 4.69) is 9.97 Å². The van der Waals surface area contributed by atoms with Crippen LogP contribution in [0.4, 0.5) is 0 Å². The molecule has 0 aliphatic rings. The highest BCUT2D eigenvalue weighted by Gasteiger charge is 2.04. The maximum absolute atomic E-state index is 11.2. The molecule has 0 saturated carbocycles. The number of nitrogens with one attached hydrogen (secondary N) is 2. The van der Waals surface area contributed by atoms with Crippen molar-refractivity contribution in [3.63, 3.8) is 0 Å². The first kappa shape index (κ1) is 9.73. The first-order valence-corrected chi connectivity index (χ1v) is 4.14. The summed E-state index contributed by atoms with van der Waals surface area (Å²) >= 11 is 0. The second-order valence-corrected chi connectivity index (χ2v) is 3.14. The van der Waals surface area contributed by atoms with E-state index in [4.69, 9.17) is 5.73 Å². The van der Waals surface area contributed by atoms with Gasteiger partial charge in [0, 0.05) is 11.8 Å². The SMILES string of the molecule is CC(CN)Cc1c[nH]c(=O)[nH]c1=O. The number of nitrogens with two attached hydrogens (primary N) is 1. The van der Waals surface area contributed by atoms with Gasteiger partial charge < -0.3 is 10.7 Å². The zero-order valence-corrected chi connectivity index (χ0v) is 7.46. The summed E-state index contributed by atoms with van der Waals surface area (Å²) in [5.74, 6) is 0.243. The van der Waals surface area contributed by atoms with Crippen LogP contribution in [0.25, 0.3) is 0 Å². The van der Waals surface area contributed by atoms with Gasteiger partial charge in [-0.25, -0.2) is 4.79 Å². The van der Waals surface area contributed by atoms with E-state index in [1.54, 1.807) is 0 Å². The Morgan fingerprint density at radius 2 is 2.23 bits per heavy atom. The predicted molar refractivity (Wildman–Crippen MR) is 49.6 cm³/mol. The van der Waals surface area contributed by atoms with Crippen molar-refractivity contribution in [3.05, 3.63) is 32.6 Å². The molecule has 0 saturated heterocycles. The van der Waals surface area contributed by atoms with E-state index < -0.39 is 5.69 Å². The zero-order chi connectivity index (χ0) is 9.84. The predicted octanol–water partition coefficient (Wildman–Crippen LogP) is -0.799. The fourth-order valence-electron chi connectivity index (χ4n) is 1.05. The third kappa shape index (κ3) is 2.55. The van der Waals surface area contributed by atoms with Crippen molar-refractivity contribution < 1.29 is 0 Å². The molecule has 0 aromatic carbocycles. The Bertz CT molecular complexity index is 379. The fourth-order valence-corrected chi connectivity index (χ4v) is 1.05. The molecule has 4 N–H and O–H groups in total. The highest BCUT2D eigenvalue weighted by molar-refractivity contribution is 5.04. The van der Waals surface area contributed by atoms with Gasteiger partial charge in [-0.3, -0.25) is 9.78 Å². The third-order valence-electron chi connectivity index (χ3n) is 1.87. The van der Waals surface area contributed by atoms with Gasteiger partial charge in [-0.15, -0.1) is 0 Å². The van der Waals surface area contributed by atoms with Gasteiger partial charge in [0.1, 0.15) is 0 Å². The van der Waals surface area contributed by atoms with Gasteiger partial charge in [0.05, 0.1) is 0 Å². The average molecular weight is 183 g/mol. The van der Waals surface area contributed by atoms with E-state index in [1.807, 2.05) is 6.92 Å². The van der Waals surface area contributed by atoms with Crippen LogP contribution in [0.5, 0.6) is 0 Å². The summed E-state index contributed by atoms with van der Waals surface area (Å²) in [4.78, 5) is 26.4. The average Bonchev–Trinajstić information content (AvgIpc) is 2.09. The minimum absolute atomic E-state index is 0.243. The molecular weight excluding hydrogens is 170 g/mol. The lowest BCUT2D eigenvalue weighted by molar-refractivity contribution is 0.587. The standard InChI is InChI=1S/C8H13N3O2/c1-5(3-9)2-6-4-10-8(13)11-7(6)12/h4-5H,2-3,9H2,1H3,(H2,10,11,12,13). The molecule has 1 atom stereocenters. The largest absolute Gasteiger partial charge is 0.330 e. The number of hydrogen-bond donors (Lipinski definition) is 3. The Morgan fingerprint density at radius 1 is 1.54 bits per heavy atom. The first-order chi connectivity index (χ1) is 6.13. The van der Waals surface area contributed by atoms with Gasteiger partial charge in [0.15, 0.2) is 0 Å². The highest BCUT2D eigenvalue weighted by Crippen LogP contribution is 1.99. The van der Waals surface area contributed by atoms with E-state index in [0.717, 1.165) is 0 Å². The van der Waals surface area contributed by atoms with Crippen molar-refractivity contribution in [3.8, 4) is 0 Å². The minimum Gasteiger partial charge on any atom is -0.330 e. The molecule has 1 aromatic rings. The lowest BCUT2D eigenvalue weighted by Gasteiger charge is -2.05. The van der Waals surface area contributed by atoms with E-state index in [9.17, 15) is 9.59 Å². The van der Waals surface area contributed by atoms with Gasteiger partial charge in [-0.05, 0) is 18.9 Å². The zero-order valence-electron chi connectivity index (χ0n) is 7.46. The molecule has 1 heterocycles. The van der Waals surface area contributed by atoms with Crippen molar-refractivity contribution in [1.82, 2.24) is 9.97 Å². The number of rotatable bonds is 3. The summed E-state index contributed by atoms with van der Waals surface area (Å²) in [6.07, 6.45) is 2.02. The molecule has 1 rings (SSSR count). The van der Waals surface area contributed by atoms with Crippen molar-refractivity contribution in [2.24, 2.45) is 11.7 Å². The second kappa shape index (κ2) is 4.04. The summed E-state index contributed by atoms with van der Waals surface area (Å²) < 4.78 is 0. The van der Waals surface area contributed by atoms with Crippen LogP contribution in [0, 0.1) is 5.92 Å². The molecule has 0 spiro atoms. The van der Waals surface area contributed by atoms with Crippen molar-refractivity contribution in [2.75, 3.05) is 6.54 Å². The van der Waals surface area contributed by atoms with Crippen LogP contribution in [0.15, 0.2) is 15.8 Å². The Balaban J connectivity index is 2.90. The van der Waals surface area contributed by atoms with Crippen LogP contribution in [-0.2, 0) is 6.42 Å². The Morgan fingerprint density at radius 3 is 2.77 bits per heavy atom. The summed E-state index contributed by atoms with van der Waals surface area (Å²) in [6, 6.07) is 0. The quantitative estimate of drug-likeness (QED) is 0.573. The Kier molecular flexibility index (Phi) is 3.02. The lowest BCUT2D eigenvalue weighted by atomic mass is 10.0. The van der Waals surface area contributed by atoms with Gasteiger partial charge in [-0.1, -0.05) is 6.92 Å². The molecule has 13 heavy (non-hydrogen) atoms. The molecule has 1 aromatic heterocycles. The first-order valence-electron chi connectivity index (χ1n) is 4.14. The molecular formula is C8H13N3O2. The van der Waals surface area contributed by atoms with E-state index in [-0.39, 0.29) is 11.5 Å². The number of aromatic nitrogens is 2. The lowest BCUT2D eigenvalue weighted by Crippen LogP contribution is -2.26. The molecule has 72 valence electrons. The Labute approximate surface area is 75.0 Å². The van der Waals surface area contributed by atoms with Crippen LogP contribution in [-0.4, -0.2) is 16.5 Å². The van der Waals surface area contributed by atoms with Crippen molar-refractivity contribution in [2.45, 2.75) is 13.3 Å². The molecule has 0 aliphatic heterocycles. The topological polar surface area (TPSA) is 91.7 Å². The normalized spacial score (nSPS) is 12.8. The van der Waals surface area contributed by atoms with Gasteiger partial charge in [0.25, 0.3) is 5.56 Å². The minimum atomic E-state index is -0.478. The highest BCUT2D eigenvalue weighted by atomic mass is 16.2. The number of hydrogen-bond acceptors (Lipinski definition) is 3.